The van der Waals surface area contributed by atoms with Gasteiger partial charge in [0.15, 0.2) is 5.38 Å². The quantitative estimate of drug-likeness (QED) is 0.785. The Hall–Kier alpha value is -0.720. The van der Waals surface area contributed by atoms with E-state index in [9.17, 15) is 0 Å². The molecule has 0 saturated heterocycles. The first-order valence-electron chi connectivity index (χ1n) is 5.00. The molecule has 0 bridgehead atoms. The van der Waals surface area contributed by atoms with Gasteiger partial charge in [-0.1, -0.05) is 29.8 Å². The van der Waals surface area contributed by atoms with Crippen molar-refractivity contribution in [2.24, 2.45) is 0 Å². The Labute approximate surface area is 109 Å². The van der Waals surface area contributed by atoms with E-state index in [-0.39, 0.29) is 6.61 Å². The molecule has 0 saturated carbocycles. The van der Waals surface area contributed by atoms with E-state index in [2.05, 4.69) is 29.8 Å². The van der Waals surface area contributed by atoms with E-state index in [4.69, 9.17) is 21.6 Å². The minimum Gasteiger partial charge on any atom is -0.491 e. The number of halogens is 2. The van der Waals surface area contributed by atoms with E-state index in [1.165, 1.54) is 0 Å². The van der Waals surface area contributed by atoms with Gasteiger partial charge in [-0.05, 0) is 29.7 Å². The lowest BCUT2D eigenvalue weighted by atomic mass is 10.0. The summed E-state index contributed by atoms with van der Waals surface area (Å²) >= 11 is 9.11. The number of hydrogen-bond donors (Lipinski definition) is 0. The molecule has 0 aliphatic rings. The molecule has 2 nitrogen and oxygen atoms in total. The van der Waals surface area contributed by atoms with Crippen LogP contribution in [0.2, 0.25) is 0 Å². The predicted molar refractivity (Wildman–Crippen MR) is 69.0 cm³/mol. The van der Waals surface area contributed by atoms with Gasteiger partial charge in [0.1, 0.15) is 12.4 Å². The number of alkyl halides is 1. The van der Waals surface area contributed by atoms with Gasteiger partial charge in [0.05, 0.1) is 6.07 Å². The first kappa shape index (κ1) is 13.3. The van der Waals surface area contributed by atoms with Gasteiger partial charge in [-0.25, -0.2) is 0 Å². The Kier molecular flexibility index (Phi) is 5.11. The summed E-state index contributed by atoms with van der Waals surface area (Å²) in [5.41, 5.74) is 1.11. The second-order valence-electron chi connectivity index (χ2n) is 3.74. The maximum atomic E-state index is 8.57. The lowest BCUT2D eigenvalue weighted by molar-refractivity contribution is 0.324. The molecule has 0 aliphatic carbocycles. The summed E-state index contributed by atoms with van der Waals surface area (Å²) in [6, 6.07) is 7.75. The van der Waals surface area contributed by atoms with E-state index < -0.39 is 5.38 Å². The molecule has 1 atom stereocenters. The fraction of sp³-hybridized carbons (Fsp3) is 0.417. The van der Waals surface area contributed by atoms with Gasteiger partial charge in [-0.2, -0.15) is 5.26 Å². The van der Waals surface area contributed by atoms with E-state index in [0.717, 1.165) is 15.8 Å². The topological polar surface area (TPSA) is 33.0 Å². The van der Waals surface area contributed by atoms with Crippen molar-refractivity contribution in [1.29, 1.82) is 5.26 Å². The van der Waals surface area contributed by atoms with Crippen LogP contribution < -0.4 is 4.74 Å². The molecular formula is C12H13BrClNO. The van der Waals surface area contributed by atoms with Crippen LogP contribution >= 0.6 is 27.5 Å². The van der Waals surface area contributed by atoms with Gasteiger partial charge >= 0.3 is 0 Å². The Balaban J connectivity index is 2.83. The number of ether oxygens (including phenoxy) is 1. The lowest BCUT2D eigenvalue weighted by Gasteiger charge is -2.14. The van der Waals surface area contributed by atoms with Crippen LogP contribution in [0.3, 0.4) is 0 Å². The van der Waals surface area contributed by atoms with Crippen LogP contribution in [-0.4, -0.2) is 12.0 Å². The number of nitrogens with zero attached hydrogens (tertiary/aromatic N) is 1. The largest absolute Gasteiger partial charge is 0.491 e. The molecule has 0 radical (unpaired) electrons. The molecule has 0 aliphatic heterocycles. The van der Waals surface area contributed by atoms with Crippen molar-refractivity contribution in [1.82, 2.24) is 0 Å². The average Bonchev–Trinajstić information content (AvgIpc) is 2.26. The highest BCUT2D eigenvalue weighted by Gasteiger charge is 2.10. The van der Waals surface area contributed by atoms with Gasteiger partial charge < -0.3 is 4.74 Å². The third-order valence-electron chi connectivity index (χ3n) is 2.12. The molecule has 0 heterocycles. The highest BCUT2D eigenvalue weighted by molar-refractivity contribution is 9.10. The molecule has 1 rings (SSSR count). The van der Waals surface area contributed by atoms with E-state index in [0.29, 0.717) is 5.92 Å². The number of benzene rings is 1. The van der Waals surface area contributed by atoms with E-state index >= 15 is 0 Å². The average molecular weight is 303 g/mol. The van der Waals surface area contributed by atoms with Crippen LogP contribution in [0.25, 0.3) is 0 Å². The first-order valence-corrected chi connectivity index (χ1v) is 6.23. The normalized spacial score (nSPS) is 12.2. The van der Waals surface area contributed by atoms with Gasteiger partial charge in [0.2, 0.25) is 0 Å². The summed E-state index contributed by atoms with van der Waals surface area (Å²) < 4.78 is 6.55. The first-order chi connectivity index (χ1) is 7.54. The number of hydrogen-bond acceptors (Lipinski definition) is 2. The van der Waals surface area contributed by atoms with Crippen molar-refractivity contribution < 1.29 is 4.74 Å². The summed E-state index contributed by atoms with van der Waals surface area (Å²) in [5.74, 6) is 1.16. The summed E-state index contributed by atoms with van der Waals surface area (Å²) in [6.45, 7) is 4.40. The van der Waals surface area contributed by atoms with Crippen LogP contribution in [0.1, 0.15) is 25.3 Å². The molecule has 0 aromatic heterocycles. The van der Waals surface area contributed by atoms with Gasteiger partial charge in [0.25, 0.3) is 0 Å². The van der Waals surface area contributed by atoms with Crippen molar-refractivity contribution in [2.75, 3.05) is 6.61 Å². The summed E-state index contributed by atoms with van der Waals surface area (Å²) in [4.78, 5) is 0. The van der Waals surface area contributed by atoms with Crippen LogP contribution in [0.15, 0.2) is 22.7 Å². The Morgan fingerprint density at radius 2 is 2.19 bits per heavy atom. The molecule has 0 N–H and O–H groups in total. The maximum absolute atomic E-state index is 8.57. The van der Waals surface area contributed by atoms with E-state index in [1.54, 1.807) is 0 Å². The summed E-state index contributed by atoms with van der Waals surface area (Å²) in [6.07, 6.45) is 0. The lowest BCUT2D eigenvalue weighted by Crippen LogP contribution is -2.10. The van der Waals surface area contributed by atoms with Crippen LogP contribution in [-0.2, 0) is 0 Å². The minimum absolute atomic E-state index is 0.208. The minimum atomic E-state index is -0.608. The molecule has 1 unspecified atom stereocenters. The molecule has 1 aromatic carbocycles. The van der Waals surface area contributed by atoms with Gasteiger partial charge in [-0.15, -0.1) is 11.6 Å². The monoisotopic (exact) mass is 301 g/mol. The molecule has 1 aromatic rings. The second kappa shape index (κ2) is 6.12. The van der Waals surface area contributed by atoms with Crippen molar-refractivity contribution in [3.8, 4) is 11.8 Å². The van der Waals surface area contributed by atoms with Crippen LogP contribution in [0, 0.1) is 11.3 Å². The highest BCUT2D eigenvalue weighted by Crippen LogP contribution is 2.29. The molecular weight excluding hydrogens is 289 g/mol. The molecule has 0 spiro atoms. The molecule has 0 amide bonds. The molecule has 4 heteroatoms. The van der Waals surface area contributed by atoms with E-state index in [1.807, 2.05) is 24.3 Å². The van der Waals surface area contributed by atoms with Crippen LogP contribution in [0.4, 0.5) is 0 Å². The smallest absolute Gasteiger partial charge is 0.154 e. The fourth-order valence-corrected chi connectivity index (χ4v) is 1.74. The molecule has 16 heavy (non-hydrogen) atoms. The number of nitriles is 1. The zero-order valence-corrected chi connectivity index (χ0v) is 11.5. The number of rotatable bonds is 4. The maximum Gasteiger partial charge on any atom is 0.154 e. The summed E-state index contributed by atoms with van der Waals surface area (Å²) in [7, 11) is 0. The zero-order chi connectivity index (χ0) is 12.1. The summed E-state index contributed by atoms with van der Waals surface area (Å²) in [5, 5.41) is 7.96. The SMILES string of the molecule is CC(C)c1cc(Br)ccc1OCC(Cl)C#N. The Bertz CT molecular complexity index is 400. The van der Waals surface area contributed by atoms with Crippen molar-refractivity contribution in [3.05, 3.63) is 28.2 Å². The van der Waals surface area contributed by atoms with Crippen molar-refractivity contribution in [2.45, 2.75) is 25.1 Å². The third-order valence-corrected chi connectivity index (χ3v) is 2.84. The predicted octanol–water partition coefficient (Wildman–Crippen LogP) is 4.08. The van der Waals surface area contributed by atoms with Crippen LogP contribution in [0.5, 0.6) is 5.75 Å². The zero-order valence-electron chi connectivity index (χ0n) is 9.21. The van der Waals surface area contributed by atoms with Gasteiger partial charge in [0, 0.05) is 4.47 Å². The van der Waals surface area contributed by atoms with Crippen molar-refractivity contribution in [3.63, 3.8) is 0 Å². The van der Waals surface area contributed by atoms with Gasteiger partial charge in [-0.3, -0.25) is 0 Å². The van der Waals surface area contributed by atoms with Crippen molar-refractivity contribution >= 4 is 27.5 Å². The second-order valence-corrected chi connectivity index (χ2v) is 5.19. The fourth-order valence-electron chi connectivity index (χ4n) is 1.30. The molecule has 0 fully saturated rings. The molecule has 86 valence electrons. The highest BCUT2D eigenvalue weighted by atomic mass is 79.9. The Morgan fingerprint density at radius 1 is 1.50 bits per heavy atom. The Morgan fingerprint density at radius 3 is 2.75 bits per heavy atom. The third kappa shape index (κ3) is 3.70. The standard InChI is InChI=1S/C12H13BrClNO/c1-8(2)11-5-9(13)3-4-12(11)16-7-10(14)6-15/h3-5,8,10H,7H2,1-2H3.